The maximum absolute atomic E-state index is 9.58. The molecule has 0 atom stereocenters. The van der Waals surface area contributed by atoms with Gasteiger partial charge in [0.1, 0.15) is 0 Å². The molecular weight excluding hydrogens is 304 g/mol. The van der Waals surface area contributed by atoms with Crippen molar-refractivity contribution in [2.75, 3.05) is 5.32 Å². The number of rotatable bonds is 4. The lowest BCUT2D eigenvalue weighted by atomic mass is 10.0. The maximum atomic E-state index is 9.58. The van der Waals surface area contributed by atoms with Crippen molar-refractivity contribution in [1.29, 1.82) is 0 Å². The summed E-state index contributed by atoms with van der Waals surface area (Å²) in [6.45, 7) is -0.0389. The van der Waals surface area contributed by atoms with Crippen LogP contribution in [0.2, 0.25) is 0 Å². The summed E-state index contributed by atoms with van der Waals surface area (Å²) in [6.07, 6.45) is 5.37. The quantitative estimate of drug-likeness (QED) is 0.603. The molecule has 0 unspecified atom stereocenters. The van der Waals surface area contributed by atoms with E-state index < -0.39 is 0 Å². The van der Waals surface area contributed by atoms with E-state index in [1.165, 1.54) is 0 Å². The van der Waals surface area contributed by atoms with Gasteiger partial charge in [-0.2, -0.15) is 10.2 Å². The highest BCUT2D eigenvalue weighted by Crippen LogP contribution is 2.27. The van der Waals surface area contributed by atoms with Crippen LogP contribution in [0, 0.1) is 0 Å². The number of hydrogen-bond donors (Lipinski definition) is 2. The number of aromatic nitrogens is 5. The van der Waals surface area contributed by atoms with E-state index in [1.807, 2.05) is 49.6 Å². The molecule has 0 aliphatic carbocycles. The number of anilines is 2. The molecule has 3 aromatic heterocycles. The summed E-state index contributed by atoms with van der Waals surface area (Å²) in [5.74, 6) is 0.731. The molecule has 2 N–H and O–H groups in total. The fourth-order valence-corrected chi connectivity index (χ4v) is 2.67. The van der Waals surface area contributed by atoms with Crippen molar-refractivity contribution in [3.8, 4) is 11.3 Å². The molecule has 4 rings (SSSR count). The smallest absolute Gasteiger partial charge is 0.177 e. The third-order valence-corrected chi connectivity index (χ3v) is 3.80. The van der Waals surface area contributed by atoms with Crippen LogP contribution >= 0.6 is 0 Å². The van der Waals surface area contributed by atoms with Gasteiger partial charge in [-0.3, -0.25) is 4.68 Å². The standard InChI is InChI=1S/C17H16N6O/c1-22-8-6-16(21-22)19-15-10-14(20-23-9-7-18-17(15)23)13-5-3-2-4-12(13)11-24/h2-10,24H,11H2,1H3,(H,19,21). The van der Waals surface area contributed by atoms with Crippen molar-refractivity contribution < 1.29 is 5.11 Å². The zero-order valence-corrected chi connectivity index (χ0v) is 13.1. The van der Waals surface area contributed by atoms with Gasteiger partial charge in [-0.05, 0) is 11.6 Å². The molecule has 0 fully saturated rings. The largest absolute Gasteiger partial charge is 0.392 e. The Morgan fingerprint density at radius 1 is 1.12 bits per heavy atom. The van der Waals surface area contributed by atoms with Gasteiger partial charge in [-0.25, -0.2) is 9.50 Å². The molecule has 0 radical (unpaired) electrons. The number of nitrogens with one attached hydrogen (secondary N) is 1. The average Bonchev–Trinajstić information content (AvgIpc) is 3.23. The number of hydrogen-bond acceptors (Lipinski definition) is 5. The summed E-state index contributed by atoms with van der Waals surface area (Å²) in [7, 11) is 1.87. The van der Waals surface area contributed by atoms with E-state index in [-0.39, 0.29) is 6.61 Å². The maximum Gasteiger partial charge on any atom is 0.177 e. The van der Waals surface area contributed by atoms with E-state index in [1.54, 1.807) is 21.6 Å². The SMILES string of the molecule is Cn1ccc(Nc2cc(-c3ccccc3CO)nn3ccnc23)n1. The van der Waals surface area contributed by atoms with Gasteiger partial charge in [0.15, 0.2) is 11.5 Å². The van der Waals surface area contributed by atoms with Gasteiger partial charge in [-0.15, -0.1) is 0 Å². The molecule has 7 heteroatoms. The fraction of sp³-hybridized carbons (Fsp3) is 0.118. The van der Waals surface area contributed by atoms with Crippen molar-refractivity contribution in [1.82, 2.24) is 24.4 Å². The summed E-state index contributed by atoms with van der Waals surface area (Å²) in [6, 6.07) is 11.5. The van der Waals surface area contributed by atoms with Gasteiger partial charge in [0.05, 0.1) is 18.0 Å². The van der Waals surface area contributed by atoms with E-state index >= 15 is 0 Å². The van der Waals surface area contributed by atoms with Gasteiger partial charge in [0.25, 0.3) is 0 Å². The summed E-state index contributed by atoms with van der Waals surface area (Å²) < 4.78 is 3.45. The van der Waals surface area contributed by atoms with Crippen LogP contribution in [0.1, 0.15) is 5.56 Å². The number of benzene rings is 1. The van der Waals surface area contributed by atoms with Crippen LogP contribution in [-0.2, 0) is 13.7 Å². The lowest BCUT2D eigenvalue weighted by Crippen LogP contribution is -2.02. The monoisotopic (exact) mass is 320 g/mol. The van der Waals surface area contributed by atoms with Crippen molar-refractivity contribution in [2.24, 2.45) is 7.05 Å². The summed E-state index contributed by atoms with van der Waals surface area (Å²) in [4.78, 5) is 4.35. The second-order valence-corrected chi connectivity index (χ2v) is 5.45. The van der Waals surface area contributed by atoms with Gasteiger partial charge in [0, 0.05) is 37.3 Å². The minimum atomic E-state index is -0.0389. The average molecular weight is 320 g/mol. The second kappa shape index (κ2) is 5.78. The van der Waals surface area contributed by atoms with E-state index in [0.717, 1.165) is 28.3 Å². The normalized spacial score (nSPS) is 11.1. The van der Waals surface area contributed by atoms with Crippen molar-refractivity contribution in [2.45, 2.75) is 6.61 Å². The van der Waals surface area contributed by atoms with E-state index in [0.29, 0.717) is 5.65 Å². The molecule has 120 valence electrons. The molecule has 0 spiro atoms. The summed E-state index contributed by atoms with van der Waals surface area (Å²) in [5.41, 5.74) is 3.99. The van der Waals surface area contributed by atoms with Gasteiger partial charge < -0.3 is 10.4 Å². The lowest BCUT2D eigenvalue weighted by molar-refractivity contribution is 0.282. The first-order chi connectivity index (χ1) is 11.7. The van der Waals surface area contributed by atoms with Crippen molar-refractivity contribution >= 4 is 17.2 Å². The number of fused-ring (bicyclic) bond motifs is 1. The Morgan fingerprint density at radius 2 is 2.00 bits per heavy atom. The number of nitrogens with zero attached hydrogens (tertiary/aromatic N) is 5. The minimum absolute atomic E-state index is 0.0389. The van der Waals surface area contributed by atoms with Crippen LogP contribution in [0.25, 0.3) is 16.9 Å². The molecule has 0 aliphatic heterocycles. The fourth-order valence-electron chi connectivity index (χ4n) is 2.67. The van der Waals surface area contributed by atoms with Gasteiger partial charge in [0.2, 0.25) is 0 Å². The zero-order valence-electron chi connectivity index (χ0n) is 13.1. The molecule has 0 saturated carbocycles. The van der Waals surface area contributed by atoms with Gasteiger partial charge in [-0.1, -0.05) is 24.3 Å². The molecule has 0 amide bonds. The zero-order chi connectivity index (χ0) is 16.5. The van der Waals surface area contributed by atoms with Crippen LogP contribution in [0.4, 0.5) is 11.5 Å². The van der Waals surface area contributed by atoms with E-state index in [2.05, 4.69) is 20.5 Å². The molecular formula is C17H16N6O. The number of aliphatic hydroxyl groups excluding tert-OH is 1. The van der Waals surface area contributed by atoms with Crippen LogP contribution in [0.5, 0.6) is 0 Å². The highest BCUT2D eigenvalue weighted by atomic mass is 16.3. The first-order valence-electron chi connectivity index (χ1n) is 7.55. The van der Waals surface area contributed by atoms with E-state index in [4.69, 9.17) is 0 Å². The first kappa shape index (κ1) is 14.4. The Balaban J connectivity index is 1.85. The topological polar surface area (TPSA) is 80.3 Å². The number of imidazole rings is 1. The third-order valence-electron chi connectivity index (χ3n) is 3.80. The molecule has 0 bridgehead atoms. The molecule has 24 heavy (non-hydrogen) atoms. The van der Waals surface area contributed by atoms with Crippen molar-refractivity contribution in [3.63, 3.8) is 0 Å². The highest BCUT2D eigenvalue weighted by Gasteiger charge is 2.12. The predicted octanol–water partition coefficient (Wildman–Crippen LogP) is 2.37. The van der Waals surface area contributed by atoms with Crippen LogP contribution < -0.4 is 5.32 Å². The molecule has 4 aromatic rings. The second-order valence-electron chi connectivity index (χ2n) is 5.45. The molecule has 1 aromatic carbocycles. The molecule has 0 saturated heterocycles. The summed E-state index contributed by atoms with van der Waals surface area (Å²) >= 11 is 0. The van der Waals surface area contributed by atoms with Crippen LogP contribution in [0.15, 0.2) is 55.0 Å². The molecule has 3 heterocycles. The number of aliphatic hydroxyl groups is 1. The Bertz CT molecular complexity index is 1000. The minimum Gasteiger partial charge on any atom is -0.392 e. The van der Waals surface area contributed by atoms with Crippen LogP contribution in [-0.4, -0.2) is 29.5 Å². The Kier molecular flexibility index (Phi) is 3.47. The Hall–Kier alpha value is -3.19. The van der Waals surface area contributed by atoms with Gasteiger partial charge >= 0.3 is 0 Å². The van der Waals surface area contributed by atoms with Crippen molar-refractivity contribution in [3.05, 3.63) is 60.6 Å². The molecule has 7 nitrogen and oxygen atoms in total. The summed E-state index contributed by atoms with van der Waals surface area (Å²) in [5, 5.41) is 21.8. The highest BCUT2D eigenvalue weighted by molar-refractivity contribution is 5.77. The third kappa shape index (κ3) is 2.50. The number of aryl methyl sites for hydroxylation is 1. The Morgan fingerprint density at radius 3 is 2.79 bits per heavy atom. The Labute approximate surface area is 138 Å². The van der Waals surface area contributed by atoms with Crippen LogP contribution in [0.3, 0.4) is 0 Å². The van der Waals surface area contributed by atoms with E-state index in [9.17, 15) is 5.11 Å². The lowest BCUT2D eigenvalue weighted by Gasteiger charge is -2.10. The molecule has 0 aliphatic rings. The first-order valence-corrected chi connectivity index (χ1v) is 7.55. The predicted molar refractivity (Wildman–Crippen MR) is 90.8 cm³/mol.